The summed E-state index contributed by atoms with van der Waals surface area (Å²) >= 11 is 1.47. The van der Waals surface area contributed by atoms with E-state index in [0.29, 0.717) is 44.2 Å². The molecule has 2 aliphatic heterocycles. The van der Waals surface area contributed by atoms with Crippen molar-refractivity contribution in [3.63, 3.8) is 0 Å². The summed E-state index contributed by atoms with van der Waals surface area (Å²) in [6, 6.07) is 18.3. The summed E-state index contributed by atoms with van der Waals surface area (Å²) in [5.74, 6) is -0.751. The van der Waals surface area contributed by atoms with E-state index in [9.17, 15) is 14.7 Å². The second-order valence-electron chi connectivity index (χ2n) is 9.26. The number of ether oxygens (including phenoxy) is 2. The molecule has 0 bridgehead atoms. The Morgan fingerprint density at radius 3 is 2.54 bits per heavy atom. The van der Waals surface area contributed by atoms with Gasteiger partial charge in [0.1, 0.15) is 18.1 Å². The number of ketones is 1. The van der Waals surface area contributed by atoms with Gasteiger partial charge >= 0.3 is 0 Å². The zero-order valence-electron chi connectivity index (χ0n) is 20.8. The Labute approximate surface area is 220 Å². The lowest BCUT2D eigenvalue weighted by Gasteiger charge is -2.30. The molecule has 1 aromatic heterocycles. The van der Waals surface area contributed by atoms with Crippen molar-refractivity contribution < 1.29 is 24.2 Å². The first-order chi connectivity index (χ1) is 18.0. The molecule has 3 aromatic rings. The number of hydrogen-bond donors (Lipinski definition) is 1. The molecule has 0 aliphatic carbocycles. The van der Waals surface area contributed by atoms with Crippen LogP contribution in [0.25, 0.3) is 5.76 Å². The van der Waals surface area contributed by atoms with Crippen molar-refractivity contribution in [1.29, 1.82) is 0 Å². The first-order valence-electron chi connectivity index (χ1n) is 12.4. The van der Waals surface area contributed by atoms with Crippen LogP contribution in [0.4, 0.5) is 0 Å². The minimum Gasteiger partial charge on any atom is -0.507 e. The molecule has 1 N–H and O–H groups in total. The Balaban J connectivity index is 1.37. The average molecular weight is 519 g/mol. The van der Waals surface area contributed by atoms with Crippen molar-refractivity contribution in [3.05, 3.63) is 93.2 Å². The maximum absolute atomic E-state index is 13.2. The van der Waals surface area contributed by atoms with Crippen LogP contribution in [-0.4, -0.2) is 66.0 Å². The molecule has 7 nitrogen and oxygen atoms in total. The number of aliphatic hydroxyl groups is 1. The number of carbonyl (C=O) groups is 2. The van der Waals surface area contributed by atoms with Crippen molar-refractivity contribution in [2.75, 3.05) is 39.4 Å². The molecule has 37 heavy (non-hydrogen) atoms. The summed E-state index contributed by atoms with van der Waals surface area (Å²) in [4.78, 5) is 30.9. The fraction of sp³-hybridized carbons (Fsp3) is 0.310. The Hall–Kier alpha value is -3.46. The van der Waals surface area contributed by atoms with E-state index < -0.39 is 17.7 Å². The predicted octanol–water partition coefficient (Wildman–Crippen LogP) is 4.39. The largest absolute Gasteiger partial charge is 0.507 e. The maximum Gasteiger partial charge on any atom is 0.295 e. The van der Waals surface area contributed by atoms with Crippen LogP contribution in [0.3, 0.4) is 0 Å². The lowest BCUT2D eigenvalue weighted by atomic mass is 10.00. The minimum atomic E-state index is -0.655. The summed E-state index contributed by atoms with van der Waals surface area (Å²) in [5, 5.41) is 13.2. The van der Waals surface area contributed by atoms with E-state index in [1.54, 1.807) is 29.2 Å². The van der Waals surface area contributed by atoms with Crippen LogP contribution in [0.5, 0.6) is 5.75 Å². The number of morpholine rings is 1. The van der Waals surface area contributed by atoms with Gasteiger partial charge in [-0.2, -0.15) is 0 Å². The highest BCUT2D eigenvalue weighted by molar-refractivity contribution is 7.10. The summed E-state index contributed by atoms with van der Waals surface area (Å²) in [7, 11) is 0. The van der Waals surface area contributed by atoms with Gasteiger partial charge in [0.2, 0.25) is 0 Å². The zero-order chi connectivity index (χ0) is 25.8. The number of likely N-dealkylation sites (tertiary alicyclic amines) is 1. The summed E-state index contributed by atoms with van der Waals surface area (Å²) in [6.07, 6.45) is 0. The van der Waals surface area contributed by atoms with Gasteiger partial charge < -0.3 is 19.5 Å². The van der Waals surface area contributed by atoms with Gasteiger partial charge in [0, 0.05) is 36.6 Å². The number of carbonyl (C=O) groups excluding carboxylic acids is 2. The molecule has 0 saturated carbocycles. The Morgan fingerprint density at radius 1 is 1.05 bits per heavy atom. The standard InChI is InChI=1S/C29H30N2O5S/c1-20-4-2-5-21(18-20)19-36-23-9-7-22(8-10-23)27(32)25-26(24-6-3-17-37-24)31(29(34)28(25)33)12-11-30-13-15-35-16-14-30/h2-10,17-18,26,32H,11-16,19H2,1H3/b27-25+/t26-/m1/s1. The molecule has 1 atom stereocenters. The van der Waals surface area contributed by atoms with E-state index in [4.69, 9.17) is 9.47 Å². The van der Waals surface area contributed by atoms with Crippen molar-refractivity contribution in [2.24, 2.45) is 0 Å². The Bertz CT molecular complexity index is 1280. The highest BCUT2D eigenvalue weighted by atomic mass is 32.1. The first-order valence-corrected chi connectivity index (χ1v) is 13.3. The topological polar surface area (TPSA) is 79.3 Å². The predicted molar refractivity (Wildman–Crippen MR) is 143 cm³/mol. The SMILES string of the molecule is Cc1cccc(COc2ccc(/C(O)=C3\C(=O)C(=O)N(CCN4CCOCC4)[C@@H]3c3cccs3)cc2)c1. The molecule has 2 fully saturated rings. The smallest absolute Gasteiger partial charge is 0.295 e. The zero-order valence-corrected chi connectivity index (χ0v) is 21.6. The number of benzene rings is 2. The fourth-order valence-corrected chi connectivity index (χ4v) is 5.61. The van der Waals surface area contributed by atoms with E-state index >= 15 is 0 Å². The van der Waals surface area contributed by atoms with Gasteiger partial charge in [-0.05, 0) is 48.2 Å². The van der Waals surface area contributed by atoms with Gasteiger partial charge in [-0.3, -0.25) is 14.5 Å². The quantitative estimate of drug-likeness (QED) is 0.271. The Kier molecular flexibility index (Phi) is 7.69. The lowest BCUT2D eigenvalue weighted by Crippen LogP contribution is -2.42. The van der Waals surface area contributed by atoms with Crippen LogP contribution >= 0.6 is 11.3 Å². The van der Waals surface area contributed by atoms with Gasteiger partial charge in [-0.1, -0.05) is 35.9 Å². The molecular formula is C29H30N2O5S. The number of Topliss-reactive ketones (excluding diaryl/α,β-unsaturated/α-hetero) is 1. The second-order valence-corrected chi connectivity index (χ2v) is 10.2. The molecule has 8 heteroatoms. The van der Waals surface area contributed by atoms with E-state index in [1.807, 2.05) is 42.6 Å². The lowest BCUT2D eigenvalue weighted by molar-refractivity contribution is -0.140. The van der Waals surface area contributed by atoms with Crippen molar-refractivity contribution in [1.82, 2.24) is 9.80 Å². The van der Waals surface area contributed by atoms with Crippen LogP contribution in [0.2, 0.25) is 0 Å². The molecule has 3 heterocycles. The molecule has 0 unspecified atom stereocenters. The second kappa shape index (κ2) is 11.3. The van der Waals surface area contributed by atoms with Crippen LogP contribution in [0.1, 0.15) is 27.6 Å². The average Bonchev–Trinajstić information content (AvgIpc) is 3.54. The third-order valence-corrected chi connectivity index (χ3v) is 7.65. The van der Waals surface area contributed by atoms with Gasteiger partial charge in [0.05, 0.1) is 24.8 Å². The maximum atomic E-state index is 13.2. The summed E-state index contributed by atoms with van der Waals surface area (Å²) in [6.45, 7) is 6.44. The number of aliphatic hydroxyl groups excluding tert-OH is 1. The highest BCUT2D eigenvalue weighted by Gasteiger charge is 2.46. The number of hydrogen-bond acceptors (Lipinski definition) is 7. The first kappa shape index (κ1) is 25.2. The van der Waals surface area contributed by atoms with Gasteiger partial charge in [-0.15, -0.1) is 11.3 Å². The number of nitrogens with zero attached hydrogens (tertiary/aromatic N) is 2. The number of rotatable bonds is 8. The molecule has 0 radical (unpaired) electrons. The number of thiophene rings is 1. The fourth-order valence-electron chi connectivity index (χ4n) is 4.76. The molecule has 5 rings (SSSR count). The molecular weight excluding hydrogens is 488 g/mol. The van der Waals surface area contributed by atoms with Crippen LogP contribution in [-0.2, 0) is 20.9 Å². The van der Waals surface area contributed by atoms with Gasteiger partial charge in [0.25, 0.3) is 11.7 Å². The molecule has 2 aromatic carbocycles. The number of aryl methyl sites for hydroxylation is 1. The molecule has 1 amide bonds. The third kappa shape index (κ3) is 5.61. The van der Waals surface area contributed by atoms with Gasteiger partial charge in [0.15, 0.2) is 0 Å². The van der Waals surface area contributed by atoms with E-state index in [0.717, 1.165) is 23.5 Å². The highest BCUT2D eigenvalue weighted by Crippen LogP contribution is 2.41. The molecule has 0 spiro atoms. The monoisotopic (exact) mass is 518 g/mol. The van der Waals surface area contributed by atoms with Crippen LogP contribution in [0.15, 0.2) is 71.6 Å². The molecule has 2 aliphatic rings. The number of amides is 1. The minimum absolute atomic E-state index is 0.128. The van der Waals surface area contributed by atoms with E-state index in [2.05, 4.69) is 11.0 Å². The van der Waals surface area contributed by atoms with E-state index in [-0.39, 0.29) is 11.3 Å². The summed E-state index contributed by atoms with van der Waals surface area (Å²) < 4.78 is 11.3. The van der Waals surface area contributed by atoms with E-state index in [1.165, 1.54) is 16.9 Å². The van der Waals surface area contributed by atoms with Gasteiger partial charge in [-0.25, -0.2) is 0 Å². The van der Waals surface area contributed by atoms with Crippen molar-refractivity contribution in [2.45, 2.75) is 19.6 Å². The normalized spacial score (nSPS) is 19.9. The van der Waals surface area contributed by atoms with Crippen molar-refractivity contribution in [3.8, 4) is 5.75 Å². The van der Waals surface area contributed by atoms with Crippen LogP contribution in [0, 0.1) is 6.92 Å². The summed E-state index contributed by atoms with van der Waals surface area (Å²) in [5.41, 5.74) is 2.83. The van der Waals surface area contributed by atoms with Crippen molar-refractivity contribution >= 4 is 28.8 Å². The third-order valence-electron chi connectivity index (χ3n) is 6.73. The Morgan fingerprint density at radius 2 is 1.84 bits per heavy atom. The molecule has 192 valence electrons. The van der Waals surface area contributed by atoms with Crippen LogP contribution < -0.4 is 4.74 Å². The molecule has 2 saturated heterocycles.